The zero-order chi connectivity index (χ0) is 13.2. The van der Waals surface area contributed by atoms with Crippen LogP contribution in [0.25, 0.3) is 0 Å². The highest BCUT2D eigenvalue weighted by molar-refractivity contribution is 5.78. The van der Waals surface area contributed by atoms with Crippen LogP contribution >= 0.6 is 0 Å². The van der Waals surface area contributed by atoms with Crippen molar-refractivity contribution in [3.8, 4) is 0 Å². The van der Waals surface area contributed by atoms with Gasteiger partial charge in [0.15, 0.2) is 0 Å². The average molecular weight is 254 g/mol. The summed E-state index contributed by atoms with van der Waals surface area (Å²) >= 11 is 0. The third kappa shape index (κ3) is 3.69. The summed E-state index contributed by atoms with van der Waals surface area (Å²) in [5, 5.41) is 6.35. The lowest BCUT2D eigenvalue weighted by Gasteiger charge is -2.47. The average Bonchev–Trinajstić information content (AvgIpc) is 2.22. The number of rotatable bonds is 3. The zero-order valence-corrected chi connectivity index (χ0v) is 11.8. The SMILES string of the molecule is CC(C)(C)NC(=O)CNC1CCOC2(CCC2)C1. The van der Waals surface area contributed by atoms with E-state index < -0.39 is 0 Å². The summed E-state index contributed by atoms with van der Waals surface area (Å²) in [5.74, 6) is 0.0802. The fourth-order valence-corrected chi connectivity index (χ4v) is 2.82. The molecule has 1 atom stereocenters. The van der Waals surface area contributed by atoms with Gasteiger partial charge in [-0.2, -0.15) is 0 Å². The van der Waals surface area contributed by atoms with E-state index >= 15 is 0 Å². The van der Waals surface area contributed by atoms with Crippen molar-refractivity contribution < 1.29 is 9.53 Å². The minimum Gasteiger partial charge on any atom is -0.375 e. The highest BCUT2D eigenvalue weighted by atomic mass is 16.5. The van der Waals surface area contributed by atoms with Gasteiger partial charge < -0.3 is 15.4 Å². The molecule has 4 nitrogen and oxygen atoms in total. The first-order valence-electron chi connectivity index (χ1n) is 7.07. The van der Waals surface area contributed by atoms with Gasteiger partial charge in [0.05, 0.1) is 12.1 Å². The molecule has 1 heterocycles. The summed E-state index contributed by atoms with van der Waals surface area (Å²) in [6.45, 7) is 7.25. The van der Waals surface area contributed by atoms with Gasteiger partial charge in [0.1, 0.15) is 0 Å². The van der Waals surface area contributed by atoms with E-state index in [1.807, 2.05) is 20.8 Å². The Labute approximate surface area is 110 Å². The molecule has 104 valence electrons. The van der Waals surface area contributed by atoms with Crippen molar-refractivity contribution in [2.24, 2.45) is 0 Å². The maximum absolute atomic E-state index is 11.7. The van der Waals surface area contributed by atoms with Gasteiger partial charge in [-0.25, -0.2) is 0 Å². The van der Waals surface area contributed by atoms with Crippen LogP contribution in [-0.4, -0.2) is 36.2 Å². The van der Waals surface area contributed by atoms with E-state index in [9.17, 15) is 4.79 Å². The lowest BCUT2D eigenvalue weighted by molar-refractivity contribution is -0.137. The lowest BCUT2D eigenvalue weighted by atomic mass is 9.74. The Hall–Kier alpha value is -0.610. The van der Waals surface area contributed by atoms with E-state index in [1.165, 1.54) is 19.3 Å². The van der Waals surface area contributed by atoms with Crippen molar-refractivity contribution in [1.29, 1.82) is 0 Å². The Morgan fingerprint density at radius 1 is 1.39 bits per heavy atom. The number of ether oxygens (including phenoxy) is 1. The van der Waals surface area contributed by atoms with E-state index in [0.717, 1.165) is 19.4 Å². The molecule has 0 aromatic carbocycles. The Morgan fingerprint density at radius 2 is 2.11 bits per heavy atom. The van der Waals surface area contributed by atoms with E-state index in [2.05, 4.69) is 10.6 Å². The van der Waals surface area contributed by atoms with Crippen LogP contribution in [0.3, 0.4) is 0 Å². The first-order chi connectivity index (χ1) is 8.39. The molecule has 0 bridgehead atoms. The third-order valence-electron chi connectivity index (χ3n) is 3.82. The second-order valence-electron chi connectivity index (χ2n) is 6.75. The van der Waals surface area contributed by atoms with E-state index in [0.29, 0.717) is 12.6 Å². The maximum atomic E-state index is 11.7. The topological polar surface area (TPSA) is 50.4 Å². The quantitative estimate of drug-likeness (QED) is 0.804. The van der Waals surface area contributed by atoms with Crippen molar-refractivity contribution in [2.45, 2.75) is 70.1 Å². The van der Waals surface area contributed by atoms with Crippen molar-refractivity contribution in [3.05, 3.63) is 0 Å². The van der Waals surface area contributed by atoms with Gasteiger partial charge in [0, 0.05) is 18.2 Å². The summed E-state index contributed by atoms with van der Waals surface area (Å²) in [4.78, 5) is 11.7. The van der Waals surface area contributed by atoms with Gasteiger partial charge in [-0.05, 0) is 52.9 Å². The second kappa shape index (κ2) is 5.17. The standard InChI is InChI=1S/C14H26N2O2/c1-13(2,3)16-12(17)10-15-11-5-8-18-14(9-11)6-4-7-14/h11,15H,4-10H2,1-3H3,(H,16,17). The number of nitrogens with one attached hydrogen (secondary N) is 2. The summed E-state index contributed by atoms with van der Waals surface area (Å²) in [6, 6.07) is 0.435. The van der Waals surface area contributed by atoms with E-state index in [1.54, 1.807) is 0 Å². The molecule has 2 aliphatic rings. The van der Waals surface area contributed by atoms with E-state index in [-0.39, 0.29) is 17.0 Å². The zero-order valence-electron chi connectivity index (χ0n) is 11.8. The van der Waals surface area contributed by atoms with Gasteiger partial charge in [-0.15, -0.1) is 0 Å². The lowest BCUT2D eigenvalue weighted by Crippen LogP contribution is -2.53. The summed E-state index contributed by atoms with van der Waals surface area (Å²) in [7, 11) is 0. The molecular weight excluding hydrogens is 228 g/mol. The summed E-state index contributed by atoms with van der Waals surface area (Å²) in [5.41, 5.74) is 0.0000541. The van der Waals surface area contributed by atoms with Crippen LogP contribution in [0.5, 0.6) is 0 Å². The number of hydrogen-bond donors (Lipinski definition) is 2. The molecule has 0 aromatic heterocycles. The number of amides is 1. The van der Waals surface area contributed by atoms with Crippen LogP contribution in [0.1, 0.15) is 52.9 Å². The minimum absolute atomic E-state index is 0.0802. The highest BCUT2D eigenvalue weighted by Gasteiger charge is 2.42. The van der Waals surface area contributed by atoms with Gasteiger partial charge in [-0.3, -0.25) is 4.79 Å². The van der Waals surface area contributed by atoms with Crippen LogP contribution in [0.15, 0.2) is 0 Å². The van der Waals surface area contributed by atoms with Gasteiger partial charge in [0.2, 0.25) is 5.91 Å². The Morgan fingerprint density at radius 3 is 2.67 bits per heavy atom. The molecule has 0 aromatic rings. The van der Waals surface area contributed by atoms with Crippen molar-refractivity contribution in [2.75, 3.05) is 13.2 Å². The molecule has 2 rings (SSSR count). The minimum atomic E-state index is -0.149. The van der Waals surface area contributed by atoms with Crippen LogP contribution in [-0.2, 0) is 9.53 Å². The maximum Gasteiger partial charge on any atom is 0.234 e. The Balaban J connectivity index is 1.71. The van der Waals surface area contributed by atoms with Crippen LogP contribution in [0.4, 0.5) is 0 Å². The normalized spacial score (nSPS) is 26.7. The monoisotopic (exact) mass is 254 g/mol. The molecule has 1 saturated heterocycles. The first-order valence-corrected chi connectivity index (χ1v) is 7.07. The second-order valence-corrected chi connectivity index (χ2v) is 6.75. The smallest absolute Gasteiger partial charge is 0.234 e. The largest absolute Gasteiger partial charge is 0.375 e. The van der Waals surface area contributed by atoms with Crippen LogP contribution in [0.2, 0.25) is 0 Å². The molecule has 2 fully saturated rings. The molecule has 1 saturated carbocycles. The fourth-order valence-electron chi connectivity index (χ4n) is 2.82. The predicted octanol–water partition coefficient (Wildman–Crippen LogP) is 1.59. The van der Waals surface area contributed by atoms with Crippen LogP contribution < -0.4 is 10.6 Å². The Kier molecular flexibility index (Phi) is 3.97. The first kappa shape index (κ1) is 13.8. The summed E-state index contributed by atoms with van der Waals surface area (Å²) < 4.78 is 5.88. The number of carbonyl (C=O) groups excluding carboxylic acids is 1. The predicted molar refractivity (Wildman–Crippen MR) is 71.5 cm³/mol. The van der Waals surface area contributed by atoms with Crippen molar-refractivity contribution in [1.82, 2.24) is 10.6 Å². The van der Waals surface area contributed by atoms with E-state index in [4.69, 9.17) is 4.74 Å². The molecular formula is C14H26N2O2. The van der Waals surface area contributed by atoms with Gasteiger partial charge in [-0.1, -0.05) is 0 Å². The number of carbonyl (C=O) groups is 1. The summed E-state index contributed by atoms with van der Waals surface area (Å²) in [6.07, 6.45) is 5.76. The van der Waals surface area contributed by atoms with Gasteiger partial charge in [0.25, 0.3) is 0 Å². The fraction of sp³-hybridized carbons (Fsp3) is 0.929. The molecule has 1 amide bonds. The molecule has 1 unspecified atom stereocenters. The molecule has 4 heteroatoms. The molecule has 0 radical (unpaired) electrons. The number of hydrogen-bond acceptors (Lipinski definition) is 3. The molecule has 1 aliphatic carbocycles. The van der Waals surface area contributed by atoms with Gasteiger partial charge >= 0.3 is 0 Å². The van der Waals surface area contributed by atoms with Crippen LogP contribution in [0, 0.1) is 0 Å². The third-order valence-corrected chi connectivity index (χ3v) is 3.82. The van der Waals surface area contributed by atoms with Crippen molar-refractivity contribution >= 4 is 5.91 Å². The molecule has 18 heavy (non-hydrogen) atoms. The van der Waals surface area contributed by atoms with Crippen molar-refractivity contribution in [3.63, 3.8) is 0 Å². The molecule has 2 N–H and O–H groups in total. The Bertz CT molecular complexity index is 305. The molecule has 1 aliphatic heterocycles. The molecule has 1 spiro atoms. The highest BCUT2D eigenvalue weighted by Crippen LogP contribution is 2.42.